The number of carbonyl (C=O) groups excluding carboxylic acids is 1. The first-order valence-corrected chi connectivity index (χ1v) is 6.58. The Labute approximate surface area is 128 Å². The Balaban J connectivity index is 0.00000220. The molecule has 0 aliphatic carbocycles. The molecule has 1 heterocycles. The van der Waals surface area contributed by atoms with Gasteiger partial charge in [-0.15, -0.1) is 12.4 Å². The number of piperazine rings is 1. The number of alkyl halides is 2. The molecule has 1 aliphatic rings. The number of rotatable bonds is 3. The maximum absolute atomic E-state index is 12.4. The van der Waals surface area contributed by atoms with Crippen LogP contribution in [0.4, 0.5) is 8.78 Å². The topological polar surface area (TPSA) is 41.6 Å². The zero-order valence-corrected chi connectivity index (χ0v) is 12.7. The molecule has 2 unspecified atom stereocenters. The van der Waals surface area contributed by atoms with Gasteiger partial charge in [-0.2, -0.15) is 8.78 Å². The van der Waals surface area contributed by atoms with E-state index in [-0.39, 0.29) is 36.1 Å². The molecule has 1 N–H and O–H groups in total. The van der Waals surface area contributed by atoms with E-state index in [1.807, 2.05) is 13.8 Å². The van der Waals surface area contributed by atoms with Crippen LogP contribution < -0.4 is 10.1 Å². The molecule has 1 fully saturated rings. The van der Waals surface area contributed by atoms with Crippen LogP contribution in [0, 0.1) is 0 Å². The number of ether oxygens (including phenoxy) is 1. The fourth-order valence-corrected chi connectivity index (χ4v) is 2.31. The van der Waals surface area contributed by atoms with Crippen LogP contribution in [0.3, 0.4) is 0 Å². The quantitative estimate of drug-likeness (QED) is 0.930. The molecule has 2 rings (SSSR count). The SMILES string of the molecule is CC1NCCN(C(=O)c2cccc(OC(F)F)c2)C1C.Cl. The molecule has 4 nitrogen and oxygen atoms in total. The summed E-state index contributed by atoms with van der Waals surface area (Å²) in [6.07, 6.45) is 0. The zero-order valence-electron chi connectivity index (χ0n) is 11.9. The van der Waals surface area contributed by atoms with Crippen LogP contribution in [-0.4, -0.2) is 42.6 Å². The second-order valence-electron chi connectivity index (χ2n) is 4.89. The Kier molecular flexibility index (Phi) is 6.36. The van der Waals surface area contributed by atoms with Crippen molar-refractivity contribution in [2.24, 2.45) is 0 Å². The van der Waals surface area contributed by atoms with E-state index < -0.39 is 6.61 Å². The highest BCUT2D eigenvalue weighted by Crippen LogP contribution is 2.19. The predicted molar refractivity (Wildman–Crippen MR) is 78.3 cm³/mol. The van der Waals surface area contributed by atoms with Gasteiger partial charge < -0.3 is 15.0 Å². The molecular formula is C14H19ClF2N2O2. The van der Waals surface area contributed by atoms with Crippen molar-refractivity contribution >= 4 is 18.3 Å². The Bertz CT molecular complexity index is 488. The Morgan fingerprint density at radius 3 is 2.81 bits per heavy atom. The molecule has 7 heteroatoms. The summed E-state index contributed by atoms with van der Waals surface area (Å²) in [5, 5.41) is 3.29. The number of amides is 1. The van der Waals surface area contributed by atoms with E-state index in [0.717, 1.165) is 6.54 Å². The maximum atomic E-state index is 12.4. The van der Waals surface area contributed by atoms with Crippen LogP contribution in [0.2, 0.25) is 0 Å². The molecule has 0 spiro atoms. The molecule has 0 aromatic heterocycles. The normalized spacial score (nSPS) is 21.9. The van der Waals surface area contributed by atoms with Gasteiger partial charge in [-0.3, -0.25) is 4.79 Å². The molecule has 1 saturated heterocycles. The van der Waals surface area contributed by atoms with Gasteiger partial charge in [0.15, 0.2) is 0 Å². The minimum atomic E-state index is -2.89. The molecule has 2 atom stereocenters. The van der Waals surface area contributed by atoms with Crippen LogP contribution >= 0.6 is 12.4 Å². The zero-order chi connectivity index (χ0) is 14.7. The summed E-state index contributed by atoms with van der Waals surface area (Å²) in [7, 11) is 0. The predicted octanol–water partition coefficient (Wildman–Crippen LogP) is 2.53. The summed E-state index contributed by atoms with van der Waals surface area (Å²) < 4.78 is 28.7. The summed E-state index contributed by atoms with van der Waals surface area (Å²) in [6.45, 7) is 2.42. The lowest BCUT2D eigenvalue weighted by Crippen LogP contribution is -2.57. The monoisotopic (exact) mass is 320 g/mol. The molecule has 0 saturated carbocycles. The fourth-order valence-electron chi connectivity index (χ4n) is 2.31. The lowest BCUT2D eigenvalue weighted by Gasteiger charge is -2.38. The van der Waals surface area contributed by atoms with Crippen molar-refractivity contribution in [1.29, 1.82) is 0 Å². The highest BCUT2D eigenvalue weighted by atomic mass is 35.5. The van der Waals surface area contributed by atoms with Gasteiger partial charge in [0, 0.05) is 30.7 Å². The van der Waals surface area contributed by atoms with Crippen molar-refractivity contribution in [1.82, 2.24) is 10.2 Å². The van der Waals surface area contributed by atoms with Crippen molar-refractivity contribution in [3.8, 4) is 5.75 Å². The van der Waals surface area contributed by atoms with E-state index in [1.165, 1.54) is 12.1 Å². The molecule has 0 radical (unpaired) electrons. The Morgan fingerprint density at radius 2 is 2.14 bits per heavy atom. The van der Waals surface area contributed by atoms with Crippen LogP contribution in [0.5, 0.6) is 5.75 Å². The first kappa shape index (κ1) is 17.7. The van der Waals surface area contributed by atoms with Crippen LogP contribution in [0.15, 0.2) is 24.3 Å². The number of nitrogens with zero attached hydrogens (tertiary/aromatic N) is 1. The highest BCUT2D eigenvalue weighted by molar-refractivity contribution is 5.95. The van der Waals surface area contributed by atoms with E-state index in [0.29, 0.717) is 12.1 Å². The smallest absolute Gasteiger partial charge is 0.387 e. The lowest BCUT2D eigenvalue weighted by molar-refractivity contribution is -0.0499. The molecule has 1 amide bonds. The van der Waals surface area contributed by atoms with Crippen LogP contribution in [0.25, 0.3) is 0 Å². The molecule has 0 bridgehead atoms. The number of hydrogen-bond acceptors (Lipinski definition) is 3. The third-order valence-electron chi connectivity index (χ3n) is 3.60. The number of carbonyl (C=O) groups is 1. The minimum absolute atomic E-state index is 0. The van der Waals surface area contributed by atoms with E-state index in [2.05, 4.69) is 10.1 Å². The average Bonchev–Trinajstić information content (AvgIpc) is 2.41. The molecular weight excluding hydrogens is 302 g/mol. The molecule has 118 valence electrons. The maximum Gasteiger partial charge on any atom is 0.387 e. The molecule has 1 aliphatic heterocycles. The van der Waals surface area contributed by atoms with E-state index in [9.17, 15) is 13.6 Å². The van der Waals surface area contributed by atoms with Crippen LogP contribution in [-0.2, 0) is 0 Å². The summed E-state index contributed by atoms with van der Waals surface area (Å²) >= 11 is 0. The summed E-state index contributed by atoms with van der Waals surface area (Å²) in [5.74, 6) is -0.160. The van der Waals surface area contributed by atoms with Crippen molar-refractivity contribution in [3.05, 3.63) is 29.8 Å². The number of hydrogen-bond donors (Lipinski definition) is 1. The number of halogens is 3. The number of nitrogens with one attached hydrogen (secondary N) is 1. The van der Waals surface area contributed by atoms with Gasteiger partial charge >= 0.3 is 6.61 Å². The number of benzene rings is 1. The van der Waals surface area contributed by atoms with E-state index in [1.54, 1.807) is 17.0 Å². The van der Waals surface area contributed by atoms with Gasteiger partial charge in [0.05, 0.1) is 0 Å². The van der Waals surface area contributed by atoms with Crippen LogP contribution in [0.1, 0.15) is 24.2 Å². The minimum Gasteiger partial charge on any atom is -0.435 e. The molecule has 21 heavy (non-hydrogen) atoms. The van der Waals surface area contributed by atoms with E-state index in [4.69, 9.17) is 0 Å². The third-order valence-corrected chi connectivity index (χ3v) is 3.60. The van der Waals surface area contributed by atoms with Gasteiger partial charge in [-0.1, -0.05) is 6.07 Å². The van der Waals surface area contributed by atoms with Crippen molar-refractivity contribution in [3.63, 3.8) is 0 Å². The average molecular weight is 321 g/mol. The standard InChI is InChI=1S/C14H18F2N2O2.ClH/c1-9-10(2)18(7-6-17-9)13(19)11-4-3-5-12(8-11)20-14(15)16;/h3-5,8-10,14,17H,6-7H2,1-2H3;1H. The summed E-state index contributed by atoms with van der Waals surface area (Å²) in [4.78, 5) is 14.2. The lowest BCUT2D eigenvalue weighted by atomic mass is 10.1. The molecule has 1 aromatic rings. The highest BCUT2D eigenvalue weighted by Gasteiger charge is 2.28. The first-order valence-electron chi connectivity index (χ1n) is 6.58. The first-order chi connectivity index (χ1) is 9.49. The Hall–Kier alpha value is -1.40. The molecule has 1 aromatic carbocycles. The van der Waals surface area contributed by atoms with Gasteiger partial charge in [0.2, 0.25) is 0 Å². The second-order valence-corrected chi connectivity index (χ2v) is 4.89. The summed E-state index contributed by atoms with van der Waals surface area (Å²) in [5.41, 5.74) is 0.365. The third kappa shape index (κ3) is 4.28. The van der Waals surface area contributed by atoms with E-state index >= 15 is 0 Å². The van der Waals surface area contributed by atoms with Gasteiger partial charge in [-0.25, -0.2) is 0 Å². The van der Waals surface area contributed by atoms with Crippen molar-refractivity contribution in [2.75, 3.05) is 13.1 Å². The van der Waals surface area contributed by atoms with Gasteiger partial charge in [0.1, 0.15) is 5.75 Å². The second kappa shape index (κ2) is 7.56. The Morgan fingerprint density at radius 1 is 1.43 bits per heavy atom. The van der Waals surface area contributed by atoms with Gasteiger partial charge in [0.25, 0.3) is 5.91 Å². The van der Waals surface area contributed by atoms with Crippen molar-refractivity contribution < 1.29 is 18.3 Å². The van der Waals surface area contributed by atoms with Gasteiger partial charge in [-0.05, 0) is 32.0 Å². The fraction of sp³-hybridized carbons (Fsp3) is 0.500. The summed E-state index contributed by atoms with van der Waals surface area (Å²) in [6, 6.07) is 6.17. The van der Waals surface area contributed by atoms with Crippen molar-refractivity contribution in [2.45, 2.75) is 32.5 Å². The largest absolute Gasteiger partial charge is 0.435 e.